The first-order valence-electron chi connectivity index (χ1n) is 4.88. The molecular weight excluding hydrogens is 245 g/mol. The molecule has 0 radical (unpaired) electrons. The molecule has 1 heterocycles. The van der Waals surface area contributed by atoms with Crippen LogP contribution in [0.5, 0.6) is 0 Å². The third kappa shape index (κ3) is 2.03. The highest BCUT2D eigenvalue weighted by molar-refractivity contribution is 6.32. The second-order valence-electron chi connectivity index (χ2n) is 3.65. The summed E-state index contributed by atoms with van der Waals surface area (Å²) < 4.78 is 13.4. The van der Waals surface area contributed by atoms with Gasteiger partial charge in [0.05, 0.1) is 5.52 Å². The Morgan fingerprint density at radius 2 is 2.24 bits per heavy atom. The van der Waals surface area contributed by atoms with Gasteiger partial charge >= 0.3 is 5.97 Å². The van der Waals surface area contributed by atoms with E-state index < -0.39 is 11.8 Å². The van der Waals surface area contributed by atoms with Gasteiger partial charge in [0, 0.05) is 16.5 Å². The smallest absolute Gasteiger partial charge is 0.331 e. The molecule has 88 valence electrons. The molecule has 0 atom stereocenters. The predicted octanol–water partition coefficient (Wildman–Crippen LogP) is 3.45. The first-order valence-corrected chi connectivity index (χ1v) is 5.26. The van der Waals surface area contributed by atoms with E-state index in [0.717, 1.165) is 0 Å². The molecule has 3 nitrogen and oxygen atoms in total. The predicted molar refractivity (Wildman–Crippen MR) is 64.6 cm³/mol. The van der Waals surface area contributed by atoms with Gasteiger partial charge in [-0.1, -0.05) is 23.7 Å². The number of hydrogen-bond acceptors (Lipinski definition) is 1. The molecule has 0 bridgehead atoms. The molecule has 1 aromatic heterocycles. The van der Waals surface area contributed by atoms with Gasteiger partial charge in [0.1, 0.15) is 11.0 Å². The number of nitrogens with one attached hydrogen (secondary N) is 1. The summed E-state index contributed by atoms with van der Waals surface area (Å²) in [5.41, 5.74) is 0.903. The van der Waals surface area contributed by atoms with Crippen LogP contribution < -0.4 is 0 Å². The lowest BCUT2D eigenvalue weighted by Gasteiger charge is -1.95. The molecule has 0 aliphatic carbocycles. The summed E-state index contributed by atoms with van der Waals surface area (Å²) in [5, 5.41) is 9.60. The van der Waals surface area contributed by atoms with Crippen LogP contribution in [-0.2, 0) is 4.79 Å². The fraction of sp³-hybridized carbons (Fsp3) is 0.0833. The van der Waals surface area contributed by atoms with Gasteiger partial charge in [0.15, 0.2) is 0 Å². The second-order valence-corrected chi connectivity index (χ2v) is 4.03. The van der Waals surface area contributed by atoms with Crippen molar-refractivity contribution in [2.45, 2.75) is 6.92 Å². The minimum Gasteiger partial charge on any atom is -0.478 e. The fourth-order valence-corrected chi connectivity index (χ4v) is 1.84. The summed E-state index contributed by atoms with van der Waals surface area (Å²) in [6.07, 6.45) is 1.42. The van der Waals surface area contributed by atoms with Gasteiger partial charge in [-0.15, -0.1) is 0 Å². The number of H-pyrrole nitrogens is 1. The standard InChI is InChI=1S/C12H9ClFNO2/c1-6(12(16)17)5-8-7-3-2-4-9(14)10(7)15-11(8)13/h2-5,15H,1H3,(H,16,17)/b6-5+. The number of fused-ring (bicyclic) bond motifs is 1. The van der Waals surface area contributed by atoms with Crippen molar-refractivity contribution >= 4 is 34.5 Å². The first-order chi connectivity index (χ1) is 8.00. The van der Waals surface area contributed by atoms with Gasteiger partial charge in [-0.3, -0.25) is 0 Å². The Balaban J connectivity index is 2.70. The maximum Gasteiger partial charge on any atom is 0.331 e. The molecule has 0 unspecified atom stereocenters. The molecule has 0 spiro atoms. The zero-order valence-electron chi connectivity index (χ0n) is 8.92. The molecule has 2 aromatic rings. The van der Waals surface area contributed by atoms with Crippen molar-refractivity contribution in [3.8, 4) is 0 Å². The Labute approximate surface area is 102 Å². The molecule has 0 aliphatic heterocycles. The minimum atomic E-state index is -1.04. The average Bonchev–Trinajstić information content (AvgIpc) is 2.58. The van der Waals surface area contributed by atoms with E-state index in [9.17, 15) is 9.18 Å². The van der Waals surface area contributed by atoms with Gasteiger partial charge < -0.3 is 10.1 Å². The molecule has 1 aromatic carbocycles. The first kappa shape index (κ1) is 11.7. The van der Waals surface area contributed by atoms with Crippen LogP contribution in [0.4, 0.5) is 4.39 Å². The molecule has 0 fully saturated rings. The minimum absolute atomic E-state index is 0.136. The fourth-order valence-electron chi connectivity index (χ4n) is 1.59. The molecule has 5 heteroatoms. The van der Waals surface area contributed by atoms with Crippen molar-refractivity contribution in [2.24, 2.45) is 0 Å². The number of aliphatic carboxylic acids is 1. The molecule has 0 aliphatic rings. The number of carbonyl (C=O) groups is 1. The van der Waals surface area contributed by atoms with Crippen LogP contribution in [0, 0.1) is 5.82 Å². The second kappa shape index (κ2) is 4.22. The van der Waals surface area contributed by atoms with Crippen molar-refractivity contribution < 1.29 is 14.3 Å². The van der Waals surface area contributed by atoms with Crippen molar-refractivity contribution in [2.75, 3.05) is 0 Å². The number of carboxylic acid groups (broad SMARTS) is 1. The molecule has 2 rings (SSSR count). The molecule has 17 heavy (non-hydrogen) atoms. The van der Waals surface area contributed by atoms with E-state index in [0.29, 0.717) is 10.9 Å². The normalized spacial score (nSPS) is 12.1. The lowest BCUT2D eigenvalue weighted by Crippen LogP contribution is -1.95. The van der Waals surface area contributed by atoms with Gasteiger partial charge in [0.2, 0.25) is 0 Å². The van der Waals surface area contributed by atoms with Crippen molar-refractivity contribution in [1.82, 2.24) is 4.98 Å². The van der Waals surface area contributed by atoms with E-state index >= 15 is 0 Å². The van der Waals surface area contributed by atoms with Crippen LogP contribution >= 0.6 is 11.6 Å². The maximum atomic E-state index is 13.4. The zero-order chi connectivity index (χ0) is 12.6. The Morgan fingerprint density at radius 1 is 1.53 bits per heavy atom. The van der Waals surface area contributed by atoms with Crippen molar-refractivity contribution in [3.05, 3.63) is 40.3 Å². The van der Waals surface area contributed by atoms with Crippen LogP contribution in [0.25, 0.3) is 17.0 Å². The summed E-state index contributed by atoms with van der Waals surface area (Å²) in [6.45, 7) is 1.46. The molecule has 0 amide bonds. The van der Waals surface area contributed by atoms with Gasteiger partial charge in [-0.05, 0) is 19.1 Å². The monoisotopic (exact) mass is 253 g/mol. The van der Waals surface area contributed by atoms with E-state index in [4.69, 9.17) is 16.7 Å². The lowest BCUT2D eigenvalue weighted by atomic mass is 10.1. The summed E-state index contributed by atoms with van der Waals surface area (Å²) in [6, 6.07) is 4.55. The largest absolute Gasteiger partial charge is 0.478 e. The quantitative estimate of drug-likeness (QED) is 0.806. The summed E-state index contributed by atoms with van der Waals surface area (Å²) in [5.74, 6) is -1.45. The van der Waals surface area contributed by atoms with Crippen molar-refractivity contribution in [1.29, 1.82) is 0 Å². The van der Waals surface area contributed by atoms with Crippen LogP contribution in [0.15, 0.2) is 23.8 Å². The number of benzene rings is 1. The number of hydrogen-bond donors (Lipinski definition) is 2. The van der Waals surface area contributed by atoms with Crippen LogP contribution in [0.1, 0.15) is 12.5 Å². The SMILES string of the molecule is C/C(=C\c1c(Cl)[nH]c2c(F)cccc12)C(=O)O. The third-order valence-electron chi connectivity index (χ3n) is 2.47. The van der Waals surface area contributed by atoms with E-state index in [-0.39, 0.29) is 16.2 Å². The molecule has 0 saturated heterocycles. The van der Waals surface area contributed by atoms with Crippen LogP contribution in [0.2, 0.25) is 5.15 Å². The number of para-hydroxylation sites is 1. The highest BCUT2D eigenvalue weighted by atomic mass is 35.5. The van der Waals surface area contributed by atoms with E-state index in [1.807, 2.05) is 0 Å². The number of aromatic amines is 1. The van der Waals surface area contributed by atoms with Crippen LogP contribution in [-0.4, -0.2) is 16.1 Å². The van der Waals surface area contributed by atoms with Crippen molar-refractivity contribution in [3.63, 3.8) is 0 Å². The lowest BCUT2D eigenvalue weighted by molar-refractivity contribution is -0.132. The Bertz CT molecular complexity index is 631. The van der Waals surface area contributed by atoms with Crippen LogP contribution in [0.3, 0.4) is 0 Å². The third-order valence-corrected chi connectivity index (χ3v) is 2.77. The Morgan fingerprint density at radius 3 is 2.88 bits per heavy atom. The number of aromatic nitrogens is 1. The average molecular weight is 254 g/mol. The maximum absolute atomic E-state index is 13.4. The van der Waals surface area contributed by atoms with E-state index in [1.165, 1.54) is 19.1 Å². The van der Waals surface area contributed by atoms with E-state index in [2.05, 4.69) is 4.98 Å². The van der Waals surface area contributed by atoms with Gasteiger partial charge in [-0.2, -0.15) is 0 Å². The van der Waals surface area contributed by atoms with Gasteiger partial charge in [0.25, 0.3) is 0 Å². The summed E-state index contributed by atoms with van der Waals surface area (Å²) >= 11 is 5.93. The Hall–Kier alpha value is -1.81. The highest BCUT2D eigenvalue weighted by Crippen LogP contribution is 2.29. The molecule has 0 saturated carbocycles. The number of rotatable bonds is 2. The molecule has 2 N–H and O–H groups in total. The van der Waals surface area contributed by atoms with Gasteiger partial charge in [-0.25, -0.2) is 9.18 Å². The molecular formula is C12H9ClFNO2. The Kier molecular flexibility index (Phi) is 2.90. The number of halogens is 2. The summed E-state index contributed by atoms with van der Waals surface area (Å²) in [7, 11) is 0. The summed E-state index contributed by atoms with van der Waals surface area (Å²) in [4.78, 5) is 13.4. The van der Waals surface area contributed by atoms with E-state index in [1.54, 1.807) is 12.1 Å². The highest BCUT2D eigenvalue weighted by Gasteiger charge is 2.12. The number of carboxylic acids is 1. The topological polar surface area (TPSA) is 53.1 Å². The zero-order valence-corrected chi connectivity index (χ0v) is 9.68.